The molecule has 3 aromatic rings. The molecule has 3 amide bonds. The van der Waals surface area contributed by atoms with Gasteiger partial charge in [0, 0.05) is 49.7 Å². The fourth-order valence-electron chi connectivity index (χ4n) is 3.69. The minimum absolute atomic E-state index is 0.132. The van der Waals surface area contributed by atoms with Crippen molar-refractivity contribution in [2.24, 2.45) is 0 Å². The summed E-state index contributed by atoms with van der Waals surface area (Å²) < 4.78 is 1.55. The summed E-state index contributed by atoms with van der Waals surface area (Å²) >= 11 is 0. The molecular formula is C24H25N5O3. The molecule has 2 heterocycles. The Bertz CT molecular complexity index is 1110. The first-order valence-corrected chi connectivity index (χ1v) is 10.6. The molecule has 1 saturated heterocycles. The Morgan fingerprint density at radius 2 is 1.88 bits per heavy atom. The molecule has 0 radical (unpaired) electrons. The molecule has 0 spiro atoms. The van der Waals surface area contributed by atoms with Gasteiger partial charge in [0.1, 0.15) is 6.54 Å². The van der Waals surface area contributed by atoms with E-state index >= 15 is 0 Å². The number of rotatable bonds is 8. The standard InChI is InChI=1S/C24H25N5O3/c30-22(17-29-12-4-10-26-29)27-21-8-2-5-18(14-21)15-25-24(32)20-7-1-6-19(13-20)16-28-11-3-9-23(28)31/h1-2,4-8,10,12-14H,3,9,11,15-17H2,(H,25,32)(H,27,30). The van der Waals surface area contributed by atoms with E-state index in [1.807, 2.05) is 41.3 Å². The van der Waals surface area contributed by atoms with Crippen molar-refractivity contribution in [3.8, 4) is 0 Å². The molecule has 8 heteroatoms. The largest absolute Gasteiger partial charge is 0.348 e. The average Bonchev–Trinajstić information content (AvgIpc) is 3.44. The summed E-state index contributed by atoms with van der Waals surface area (Å²) in [5.74, 6) is -0.202. The number of anilines is 1. The van der Waals surface area contributed by atoms with Crippen LogP contribution in [-0.4, -0.2) is 38.9 Å². The van der Waals surface area contributed by atoms with Gasteiger partial charge in [-0.1, -0.05) is 24.3 Å². The van der Waals surface area contributed by atoms with E-state index in [2.05, 4.69) is 15.7 Å². The normalized spacial score (nSPS) is 13.2. The molecule has 4 rings (SSSR count). The molecule has 1 fully saturated rings. The van der Waals surface area contributed by atoms with E-state index in [0.717, 1.165) is 24.1 Å². The molecule has 1 aliphatic heterocycles. The van der Waals surface area contributed by atoms with Gasteiger partial charge in [0.2, 0.25) is 11.8 Å². The number of hydrogen-bond acceptors (Lipinski definition) is 4. The van der Waals surface area contributed by atoms with Crippen LogP contribution in [0.1, 0.15) is 34.3 Å². The van der Waals surface area contributed by atoms with Crippen molar-refractivity contribution in [3.05, 3.63) is 83.7 Å². The molecule has 32 heavy (non-hydrogen) atoms. The number of hydrogen-bond donors (Lipinski definition) is 2. The van der Waals surface area contributed by atoms with Crippen LogP contribution < -0.4 is 10.6 Å². The van der Waals surface area contributed by atoms with E-state index in [4.69, 9.17) is 0 Å². The smallest absolute Gasteiger partial charge is 0.251 e. The maximum Gasteiger partial charge on any atom is 0.251 e. The van der Waals surface area contributed by atoms with Gasteiger partial charge in [-0.05, 0) is 47.9 Å². The van der Waals surface area contributed by atoms with Gasteiger partial charge in [0.05, 0.1) is 0 Å². The van der Waals surface area contributed by atoms with Gasteiger partial charge >= 0.3 is 0 Å². The van der Waals surface area contributed by atoms with E-state index < -0.39 is 0 Å². The van der Waals surface area contributed by atoms with Gasteiger partial charge < -0.3 is 15.5 Å². The predicted molar refractivity (Wildman–Crippen MR) is 120 cm³/mol. The SMILES string of the molecule is O=C(Cn1cccn1)Nc1cccc(CNC(=O)c2cccc(CN3CCCC3=O)c2)c1. The highest BCUT2D eigenvalue weighted by Gasteiger charge is 2.20. The Hall–Kier alpha value is -3.94. The summed E-state index contributed by atoms with van der Waals surface area (Å²) in [5, 5.41) is 9.78. The number of nitrogens with zero attached hydrogens (tertiary/aromatic N) is 3. The first kappa shape index (κ1) is 21.3. The first-order valence-electron chi connectivity index (χ1n) is 10.6. The lowest BCUT2D eigenvalue weighted by molar-refractivity contribution is -0.128. The average molecular weight is 431 g/mol. The summed E-state index contributed by atoms with van der Waals surface area (Å²) in [6, 6.07) is 16.5. The van der Waals surface area contributed by atoms with Crippen LogP contribution in [0.3, 0.4) is 0 Å². The fraction of sp³-hybridized carbons (Fsp3) is 0.250. The fourth-order valence-corrected chi connectivity index (χ4v) is 3.69. The van der Waals surface area contributed by atoms with Crippen molar-refractivity contribution in [1.29, 1.82) is 0 Å². The van der Waals surface area contributed by atoms with Crippen molar-refractivity contribution >= 4 is 23.4 Å². The van der Waals surface area contributed by atoms with E-state index in [-0.39, 0.29) is 24.3 Å². The molecule has 0 unspecified atom stereocenters. The molecule has 1 aliphatic rings. The van der Waals surface area contributed by atoms with Crippen LogP contribution in [0.2, 0.25) is 0 Å². The lowest BCUT2D eigenvalue weighted by Crippen LogP contribution is -2.25. The Morgan fingerprint density at radius 1 is 1.03 bits per heavy atom. The molecule has 0 aliphatic carbocycles. The topological polar surface area (TPSA) is 96.3 Å². The Morgan fingerprint density at radius 3 is 2.66 bits per heavy atom. The third kappa shape index (κ3) is 5.60. The predicted octanol–water partition coefficient (Wildman–Crippen LogP) is 2.57. The van der Waals surface area contributed by atoms with Crippen LogP contribution in [0.4, 0.5) is 5.69 Å². The van der Waals surface area contributed by atoms with E-state index in [9.17, 15) is 14.4 Å². The van der Waals surface area contributed by atoms with Crippen LogP contribution >= 0.6 is 0 Å². The van der Waals surface area contributed by atoms with Crippen molar-refractivity contribution in [1.82, 2.24) is 20.0 Å². The van der Waals surface area contributed by atoms with Crippen LogP contribution in [0.5, 0.6) is 0 Å². The maximum atomic E-state index is 12.6. The summed E-state index contributed by atoms with van der Waals surface area (Å²) in [4.78, 5) is 38.5. The maximum absolute atomic E-state index is 12.6. The molecule has 0 atom stereocenters. The quantitative estimate of drug-likeness (QED) is 0.573. The van der Waals surface area contributed by atoms with Crippen molar-refractivity contribution in [2.45, 2.75) is 32.5 Å². The monoisotopic (exact) mass is 431 g/mol. The van der Waals surface area contributed by atoms with E-state index in [1.54, 1.807) is 35.3 Å². The van der Waals surface area contributed by atoms with E-state index in [1.165, 1.54) is 0 Å². The zero-order valence-electron chi connectivity index (χ0n) is 17.7. The Balaban J connectivity index is 1.32. The number of amides is 3. The number of benzene rings is 2. The molecule has 1 aromatic heterocycles. The third-order valence-electron chi connectivity index (χ3n) is 5.26. The summed E-state index contributed by atoms with van der Waals surface area (Å²) in [6.45, 7) is 1.76. The molecule has 164 valence electrons. The molecule has 8 nitrogen and oxygen atoms in total. The van der Waals surface area contributed by atoms with Crippen LogP contribution in [0.15, 0.2) is 67.0 Å². The number of aromatic nitrogens is 2. The third-order valence-corrected chi connectivity index (χ3v) is 5.26. The van der Waals surface area contributed by atoms with Gasteiger partial charge in [-0.2, -0.15) is 5.10 Å². The molecule has 0 bridgehead atoms. The number of nitrogens with one attached hydrogen (secondary N) is 2. The van der Waals surface area contributed by atoms with Crippen molar-refractivity contribution in [3.63, 3.8) is 0 Å². The second kappa shape index (κ2) is 9.91. The second-order valence-electron chi connectivity index (χ2n) is 7.75. The van der Waals surface area contributed by atoms with Gasteiger partial charge in [-0.3, -0.25) is 19.1 Å². The van der Waals surface area contributed by atoms with Crippen LogP contribution in [-0.2, 0) is 29.2 Å². The number of carbonyl (C=O) groups excluding carboxylic acids is 3. The first-order chi connectivity index (χ1) is 15.6. The molecule has 2 N–H and O–H groups in total. The van der Waals surface area contributed by atoms with Crippen molar-refractivity contribution in [2.75, 3.05) is 11.9 Å². The highest BCUT2D eigenvalue weighted by atomic mass is 16.2. The van der Waals surface area contributed by atoms with Crippen LogP contribution in [0.25, 0.3) is 0 Å². The number of likely N-dealkylation sites (tertiary alicyclic amines) is 1. The van der Waals surface area contributed by atoms with Crippen LogP contribution in [0, 0.1) is 0 Å². The van der Waals surface area contributed by atoms with Gasteiger partial charge in [0.25, 0.3) is 5.91 Å². The Labute approximate surface area is 186 Å². The lowest BCUT2D eigenvalue weighted by atomic mass is 10.1. The summed E-state index contributed by atoms with van der Waals surface area (Å²) in [6.07, 6.45) is 4.84. The van der Waals surface area contributed by atoms with Gasteiger partial charge in [-0.25, -0.2) is 0 Å². The highest BCUT2D eigenvalue weighted by Crippen LogP contribution is 2.16. The zero-order chi connectivity index (χ0) is 22.3. The summed E-state index contributed by atoms with van der Waals surface area (Å²) in [5.41, 5.74) is 3.02. The van der Waals surface area contributed by atoms with Gasteiger partial charge in [0.15, 0.2) is 0 Å². The minimum Gasteiger partial charge on any atom is -0.348 e. The zero-order valence-corrected chi connectivity index (χ0v) is 17.7. The highest BCUT2D eigenvalue weighted by molar-refractivity contribution is 5.94. The second-order valence-corrected chi connectivity index (χ2v) is 7.75. The molecule has 0 saturated carbocycles. The molecular weight excluding hydrogens is 406 g/mol. The lowest BCUT2D eigenvalue weighted by Gasteiger charge is -2.16. The molecule has 2 aromatic carbocycles. The number of carbonyl (C=O) groups is 3. The minimum atomic E-state index is -0.187. The summed E-state index contributed by atoms with van der Waals surface area (Å²) in [7, 11) is 0. The van der Waals surface area contributed by atoms with Crippen molar-refractivity contribution < 1.29 is 14.4 Å². The van der Waals surface area contributed by atoms with E-state index in [0.29, 0.717) is 30.8 Å². The Kier molecular flexibility index (Phi) is 6.60. The van der Waals surface area contributed by atoms with Gasteiger partial charge in [-0.15, -0.1) is 0 Å².